The van der Waals surface area contributed by atoms with E-state index in [9.17, 15) is 42.3 Å². The molecule has 1 aliphatic heterocycles. The highest BCUT2D eigenvalue weighted by Gasteiger charge is 2.31. The number of hydrazine groups is 1. The number of ether oxygens (including phenoxy) is 4. The lowest BCUT2D eigenvalue weighted by atomic mass is 9.98. The van der Waals surface area contributed by atoms with Crippen molar-refractivity contribution in [1.82, 2.24) is 51.4 Å². The number of carboxylic acid groups (broad SMARTS) is 1. The van der Waals surface area contributed by atoms with Gasteiger partial charge in [0.1, 0.15) is 57.6 Å². The van der Waals surface area contributed by atoms with Gasteiger partial charge in [0.05, 0.1) is 54.3 Å². The summed E-state index contributed by atoms with van der Waals surface area (Å²) in [5.74, 6) is 4.52. The van der Waals surface area contributed by atoms with Crippen molar-refractivity contribution < 1.29 is 61.6 Å². The summed E-state index contributed by atoms with van der Waals surface area (Å²) in [4.78, 5) is 90.4. The molecule has 0 spiro atoms. The Morgan fingerprint density at radius 2 is 1.29 bits per heavy atom. The van der Waals surface area contributed by atoms with Gasteiger partial charge in [0, 0.05) is 65.1 Å². The molecular weight excluding hydrogens is 1260 g/mol. The van der Waals surface area contributed by atoms with Gasteiger partial charge in [0.2, 0.25) is 17.7 Å². The number of carbonyl (C=O) groups excluding carboxylic acids is 5. The smallest absolute Gasteiger partial charge is 0.450 e. The molecule has 26 heteroatoms. The van der Waals surface area contributed by atoms with E-state index in [1.54, 1.807) is 46.2 Å². The molecule has 4 amide bonds. The van der Waals surface area contributed by atoms with E-state index in [-0.39, 0.29) is 102 Å². The second-order valence-electron chi connectivity index (χ2n) is 21.5. The average Bonchev–Trinajstić information content (AvgIpc) is 1.56. The van der Waals surface area contributed by atoms with Gasteiger partial charge in [-0.05, 0) is 135 Å². The summed E-state index contributed by atoms with van der Waals surface area (Å²) in [6, 6.07) is 24.2. The lowest BCUT2D eigenvalue weighted by Crippen LogP contribution is -2.39. The Bertz CT molecular complexity index is 3890. The van der Waals surface area contributed by atoms with Gasteiger partial charge in [0.15, 0.2) is 0 Å². The number of aryl methyl sites for hydroxylation is 4. The number of alkyl carbamates (subject to hydrolysis) is 1. The molecular formula is C72H98F2N12O12. The maximum Gasteiger partial charge on any atom is 0.506 e. The summed E-state index contributed by atoms with van der Waals surface area (Å²) in [5, 5.41) is 27.9. The molecule has 3 aromatic heterocycles. The van der Waals surface area contributed by atoms with E-state index in [1.165, 1.54) is 32.8 Å². The lowest BCUT2D eigenvalue weighted by molar-refractivity contribution is -0.129. The normalized spacial score (nSPS) is 11.2. The molecule has 532 valence electrons. The molecule has 1 aliphatic carbocycles. The number of hydrogen-bond donors (Lipinski definition) is 9. The third-order valence-corrected chi connectivity index (χ3v) is 15.1. The van der Waals surface area contributed by atoms with E-state index in [0.29, 0.717) is 70.4 Å². The molecule has 4 heterocycles. The summed E-state index contributed by atoms with van der Waals surface area (Å²) >= 11 is 0. The second kappa shape index (κ2) is 42.1. The first-order valence-electron chi connectivity index (χ1n) is 32.2. The summed E-state index contributed by atoms with van der Waals surface area (Å²) < 4.78 is 49.7. The highest BCUT2D eigenvalue weighted by atomic mass is 19.1. The Labute approximate surface area is 572 Å². The van der Waals surface area contributed by atoms with Gasteiger partial charge >= 0.3 is 12.2 Å². The van der Waals surface area contributed by atoms with Crippen LogP contribution in [0.5, 0.6) is 0 Å². The van der Waals surface area contributed by atoms with Crippen molar-refractivity contribution in [2.24, 2.45) is 11.6 Å². The number of hydrogen-bond acceptors (Lipinski definition) is 18. The number of nitrogens with two attached hydrogens (primary N) is 2. The van der Waals surface area contributed by atoms with E-state index in [4.69, 9.17) is 35.9 Å². The van der Waals surface area contributed by atoms with Crippen LogP contribution in [0.1, 0.15) is 129 Å². The SMILES string of the molecule is C.CC.CC.CC.CNCOCC(=O)NCCC/C(N)=C/N(N)Cc1c2c(nc3cc(F)c(C)cc13)-c1cc(C)c(COC(=O)O)c(=O)n1C2.CNCc1c(C)c(C)nc2cc(F)c(C)cc12.O=CCNC(=O)COCNC(=O)CNC(=O)OCC1c2ccccc2-c2ccccc21. The van der Waals surface area contributed by atoms with Crippen LogP contribution in [0.2, 0.25) is 0 Å². The van der Waals surface area contributed by atoms with Gasteiger partial charge in [-0.25, -0.2) is 29.2 Å². The van der Waals surface area contributed by atoms with Crippen LogP contribution >= 0.6 is 0 Å². The molecule has 0 fully saturated rings. The van der Waals surface area contributed by atoms with Crippen LogP contribution < -0.4 is 49.0 Å². The van der Waals surface area contributed by atoms with Gasteiger partial charge in [-0.3, -0.25) is 29.5 Å². The molecule has 24 nitrogen and oxygen atoms in total. The number of carbonyl (C=O) groups is 6. The van der Waals surface area contributed by atoms with Gasteiger partial charge in [-0.1, -0.05) is 97.5 Å². The van der Waals surface area contributed by atoms with E-state index in [1.807, 2.05) is 110 Å². The number of pyridine rings is 3. The zero-order valence-corrected chi connectivity index (χ0v) is 57.8. The zero-order valence-electron chi connectivity index (χ0n) is 57.8. The molecule has 4 aromatic carbocycles. The molecule has 2 aliphatic rings. The van der Waals surface area contributed by atoms with Crippen LogP contribution in [0.25, 0.3) is 44.3 Å². The highest BCUT2D eigenvalue weighted by molar-refractivity contribution is 5.89. The predicted octanol–water partition coefficient (Wildman–Crippen LogP) is 9.61. The second-order valence-corrected chi connectivity index (χ2v) is 21.5. The third-order valence-electron chi connectivity index (χ3n) is 15.1. The Balaban J connectivity index is 0.000000396. The fourth-order valence-electron chi connectivity index (χ4n) is 10.5. The number of aldehydes is 1. The van der Waals surface area contributed by atoms with E-state index < -0.39 is 29.9 Å². The zero-order chi connectivity index (χ0) is 71.9. The first-order chi connectivity index (χ1) is 46.6. The quantitative estimate of drug-likeness (QED) is 0.00642. The molecule has 0 unspecified atom stereocenters. The predicted molar refractivity (Wildman–Crippen MR) is 377 cm³/mol. The van der Waals surface area contributed by atoms with Gasteiger partial charge < -0.3 is 70.7 Å². The Morgan fingerprint density at radius 1 is 0.714 bits per heavy atom. The first kappa shape index (κ1) is 82.5. The fourth-order valence-corrected chi connectivity index (χ4v) is 10.5. The number of allylic oxidation sites excluding steroid dienone is 1. The number of nitrogens with zero attached hydrogens (tertiary/aromatic N) is 4. The third kappa shape index (κ3) is 23.0. The summed E-state index contributed by atoms with van der Waals surface area (Å²) in [6.07, 6.45) is 1.04. The summed E-state index contributed by atoms with van der Waals surface area (Å²) in [6.45, 7) is 21.8. The number of nitrogens with one attached hydrogen (secondary N) is 6. The minimum atomic E-state index is -1.48. The molecule has 0 radical (unpaired) electrons. The number of rotatable bonds is 25. The molecule has 0 saturated heterocycles. The topological polar surface area (TPSA) is 335 Å². The summed E-state index contributed by atoms with van der Waals surface area (Å²) in [7, 11) is 3.63. The van der Waals surface area contributed by atoms with Crippen LogP contribution in [-0.2, 0) is 64.4 Å². The highest BCUT2D eigenvalue weighted by Crippen LogP contribution is 2.44. The minimum Gasteiger partial charge on any atom is -0.450 e. The standard InChI is InChI=1S/C29H36FN7O6.C22H23N3O6.C14H17FN2.3C2H6.CH4/c1-16-8-25-27-21(12-37(25)28(39)22(16)13-43-29(40)41)20(19-7-17(2)23(30)9-24(19)35-27)11-36(32)10-18(31)5-4-6-34-26(38)14-42-15-33-3;26-10-9-23-21(28)13-30-14-25-20(27)11-24-22(29)31-12-19-17-7-3-1-5-15(17)16-6-2-4-8-18(16)19;1-8-5-11-12(7-16-4)9(2)10(3)17-14(11)6-13(8)15;3*1-2;/h7-10,33H,4-6,11-15,31-32H2,1-3H3,(H,34,38)(H,40,41);1-8,10,19H,9,11-14H2,(H,23,28)(H,24,29)(H,25,27);5-6,16H,7H2,1-4H3;3*1-2H3;1H4/b18-10-;;;;;;. The molecule has 0 bridgehead atoms. The van der Waals surface area contributed by atoms with Crippen molar-refractivity contribution in [2.45, 2.75) is 129 Å². The molecule has 0 atom stereocenters. The minimum absolute atomic E-state index is 0. The first-order valence-corrected chi connectivity index (χ1v) is 32.2. The van der Waals surface area contributed by atoms with Crippen LogP contribution in [0.4, 0.5) is 18.4 Å². The largest absolute Gasteiger partial charge is 0.506 e. The van der Waals surface area contributed by atoms with Crippen molar-refractivity contribution in [3.63, 3.8) is 0 Å². The maximum atomic E-state index is 14.6. The Morgan fingerprint density at radius 3 is 1.87 bits per heavy atom. The van der Waals surface area contributed by atoms with Gasteiger partial charge in [0.25, 0.3) is 5.56 Å². The molecule has 0 saturated carbocycles. The van der Waals surface area contributed by atoms with Crippen molar-refractivity contribution in [1.29, 1.82) is 0 Å². The Hall–Kier alpha value is -9.73. The molecule has 11 N–H and O–H groups in total. The van der Waals surface area contributed by atoms with Crippen molar-refractivity contribution >= 4 is 58.1 Å². The summed E-state index contributed by atoms with van der Waals surface area (Å²) in [5.41, 5.74) is 19.7. The van der Waals surface area contributed by atoms with Crippen LogP contribution in [-0.4, -0.2) is 128 Å². The molecule has 98 heavy (non-hydrogen) atoms. The van der Waals surface area contributed by atoms with Gasteiger partial charge in [-0.2, -0.15) is 0 Å². The maximum absolute atomic E-state index is 14.6. The molecule has 9 rings (SSSR count). The van der Waals surface area contributed by atoms with Crippen molar-refractivity contribution in [3.8, 4) is 22.5 Å². The van der Waals surface area contributed by atoms with Crippen molar-refractivity contribution in [2.75, 3.05) is 67.0 Å². The lowest BCUT2D eigenvalue weighted by Gasteiger charge is -2.19. The number of benzene rings is 4. The van der Waals surface area contributed by atoms with E-state index >= 15 is 0 Å². The van der Waals surface area contributed by atoms with Crippen LogP contribution in [0.15, 0.2) is 95.6 Å². The molecule has 7 aromatic rings. The van der Waals surface area contributed by atoms with Gasteiger partial charge in [-0.15, -0.1) is 0 Å². The number of amides is 4. The fraction of sp³-hybridized carbons (Fsp3) is 0.403. The van der Waals surface area contributed by atoms with E-state index in [2.05, 4.69) is 48.5 Å². The monoisotopic (exact) mass is 1360 g/mol. The van der Waals surface area contributed by atoms with Crippen LogP contribution in [0.3, 0.4) is 0 Å². The number of halogens is 2. The van der Waals surface area contributed by atoms with Crippen LogP contribution in [0, 0.1) is 46.3 Å². The number of aromatic nitrogens is 3. The average molecular weight is 1360 g/mol. The Kier molecular flexibility index (Phi) is 35.4. The van der Waals surface area contributed by atoms with E-state index in [0.717, 1.165) is 56.5 Å². The number of fused-ring (bicyclic) bond motifs is 8. The van der Waals surface area contributed by atoms with Crippen molar-refractivity contribution in [3.05, 3.63) is 174 Å².